The molecule has 0 saturated carbocycles. The van der Waals surface area contributed by atoms with Crippen molar-refractivity contribution in [1.29, 1.82) is 5.26 Å². The molecule has 0 aromatic heterocycles. The predicted molar refractivity (Wildman–Crippen MR) is 71.6 cm³/mol. The number of hydrogen-bond donors (Lipinski definition) is 0. The van der Waals surface area contributed by atoms with Crippen molar-refractivity contribution >= 4 is 0 Å². The van der Waals surface area contributed by atoms with Crippen LogP contribution in [-0.2, 0) is 11.3 Å². The highest BCUT2D eigenvalue weighted by atomic mass is 19.1. The Morgan fingerprint density at radius 2 is 2.05 bits per heavy atom. The smallest absolute Gasteiger partial charge is 0.123 e. The van der Waals surface area contributed by atoms with Crippen LogP contribution in [0.3, 0.4) is 0 Å². The molecule has 0 saturated heterocycles. The Bertz CT molecular complexity index is 386. The van der Waals surface area contributed by atoms with Crippen molar-refractivity contribution in [2.75, 3.05) is 13.3 Å². The highest BCUT2D eigenvalue weighted by Gasteiger charge is 2.07. The minimum atomic E-state index is -0.488. The van der Waals surface area contributed by atoms with Gasteiger partial charge in [0.25, 0.3) is 0 Å². The summed E-state index contributed by atoms with van der Waals surface area (Å²) in [4.78, 5) is 0. The molecule has 104 valence electrons. The first-order valence-electron chi connectivity index (χ1n) is 6.56. The third-order valence-corrected chi connectivity index (χ3v) is 2.68. The van der Waals surface area contributed by atoms with E-state index >= 15 is 0 Å². The van der Waals surface area contributed by atoms with E-state index in [0.29, 0.717) is 18.8 Å². The summed E-state index contributed by atoms with van der Waals surface area (Å²) in [6.07, 6.45) is 2.32. The third-order valence-electron chi connectivity index (χ3n) is 2.68. The largest absolute Gasteiger partial charge is 0.491 e. The van der Waals surface area contributed by atoms with Gasteiger partial charge >= 0.3 is 0 Å². The van der Waals surface area contributed by atoms with E-state index in [9.17, 15) is 4.39 Å². The molecule has 0 aliphatic heterocycles. The molecular formula is C15H20FNO2. The summed E-state index contributed by atoms with van der Waals surface area (Å²) < 4.78 is 22.8. The van der Waals surface area contributed by atoms with Gasteiger partial charge < -0.3 is 9.47 Å². The van der Waals surface area contributed by atoms with Gasteiger partial charge in [-0.3, -0.25) is 0 Å². The lowest BCUT2D eigenvalue weighted by atomic mass is 10.1. The van der Waals surface area contributed by atoms with Crippen molar-refractivity contribution in [3.8, 4) is 11.8 Å². The second-order valence-corrected chi connectivity index (χ2v) is 4.27. The molecular weight excluding hydrogens is 245 g/mol. The van der Waals surface area contributed by atoms with E-state index in [1.54, 1.807) is 12.1 Å². The van der Waals surface area contributed by atoms with Gasteiger partial charge in [0, 0.05) is 0 Å². The van der Waals surface area contributed by atoms with Crippen LogP contribution in [0.4, 0.5) is 4.39 Å². The highest BCUT2D eigenvalue weighted by Crippen LogP contribution is 2.15. The summed E-state index contributed by atoms with van der Waals surface area (Å²) in [6.45, 7) is 2.15. The van der Waals surface area contributed by atoms with Gasteiger partial charge in [-0.15, -0.1) is 0 Å². The lowest BCUT2D eigenvalue weighted by Crippen LogP contribution is -2.11. The molecule has 3 nitrogen and oxygen atoms in total. The van der Waals surface area contributed by atoms with Gasteiger partial charge in [0.1, 0.15) is 19.0 Å². The van der Waals surface area contributed by atoms with Crippen LogP contribution < -0.4 is 4.74 Å². The van der Waals surface area contributed by atoms with E-state index in [1.807, 2.05) is 12.1 Å². The van der Waals surface area contributed by atoms with Gasteiger partial charge in [-0.1, -0.05) is 25.5 Å². The number of hydrogen-bond acceptors (Lipinski definition) is 3. The Morgan fingerprint density at radius 1 is 1.32 bits per heavy atom. The van der Waals surface area contributed by atoms with Crippen LogP contribution in [0, 0.1) is 11.3 Å². The van der Waals surface area contributed by atoms with E-state index < -0.39 is 6.67 Å². The lowest BCUT2D eigenvalue weighted by Gasteiger charge is -2.14. The first kappa shape index (κ1) is 15.5. The monoisotopic (exact) mass is 265 g/mol. The van der Waals surface area contributed by atoms with Crippen molar-refractivity contribution in [1.82, 2.24) is 0 Å². The molecule has 0 amide bonds. The fraction of sp³-hybridized carbons (Fsp3) is 0.533. The number of alkyl halides is 1. The summed E-state index contributed by atoms with van der Waals surface area (Å²) >= 11 is 0. The Labute approximate surface area is 114 Å². The molecule has 0 radical (unpaired) electrons. The van der Waals surface area contributed by atoms with Crippen LogP contribution in [0.5, 0.6) is 5.75 Å². The van der Waals surface area contributed by atoms with Gasteiger partial charge in [0.05, 0.1) is 25.2 Å². The summed E-state index contributed by atoms with van der Waals surface area (Å²) in [6, 6.07) is 9.52. The molecule has 1 rings (SSSR count). The summed E-state index contributed by atoms with van der Waals surface area (Å²) in [5.41, 5.74) is 1.02. The van der Waals surface area contributed by atoms with Gasteiger partial charge in [-0.25, -0.2) is 4.39 Å². The number of nitriles is 1. The van der Waals surface area contributed by atoms with Crippen molar-refractivity contribution in [3.05, 3.63) is 29.8 Å². The van der Waals surface area contributed by atoms with Crippen molar-refractivity contribution in [3.63, 3.8) is 0 Å². The maximum absolute atomic E-state index is 11.9. The predicted octanol–water partition coefficient (Wildman–Crippen LogP) is 3.63. The zero-order valence-electron chi connectivity index (χ0n) is 11.3. The van der Waals surface area contributed by atoms with Crippen molar-refractivity contribution < 1.29 is 13.9 Å². The third kappa shape index (κ3) is 6.21. The van der Waals surface area contributed by atoms with Crippen LogP contribution in [-0.4, -0.2) is 19.4 Å². The van der Waals surface area contributed by atoms with E-state index in [2.05, 4.69) is 13.0 Å². The Balaban J connectivity index is 2.41. The fourth-order valence-corrected chi connectivity index (χ4v) is 1.72. The molecule has 19 heavy (non-hydrogen) atoms. The van der Waals surface area contributed by atoms with Crippen LogP contribution in [0.25, 0.3) is 0 Å². The number of ether oxygens (including phenoxy) is 2. The second-order valence-electron chi connectivity index (χ2n) is 4.27. The number of nitrogens with zero attached hydrogens (tertiary/aromatic N) is 1. The maximum Gasteiger partial charge on any atom is 0.123 e. The number of rotatable bonds is 9. The van der Waals surface area contributed by atoms with Gasteiger partial charge in [0.2, 0.25) is 0 Å². The fourth-order valence-electron chi connectivity index (χ4n) is 1.72. The number of benzene rings is 1. The minimum Gasteiger partial charge on any atom is -0.491 e. The van der Waals surface area contributed by atoms with Gasteiger partial charge in [-0.2, -0.15) is 5.26 Å². The van der Waals surface area contributed by atoms with E-state index in [0.717, 1.165) is 18.4 Å². The second kappa shape index (κ2) is 9.35. The standard InChI is InChI=1S/C15H20FNO2/c1-2-3-14(8-10-17)19-12-13-4-6-15(7-5-13)18-11-9-16/h4-7,14H,2-3,8-9,11-12H2,1H3. The first-order chi connectivity index (χ1) is 9.30. The molecule has 0 aliphatic rings. The van der Waals surface area contributed by atoms with Gasteiger partial charge in [-0.05, 0) is 24.1 Å². The lowest BCUT2D eigenvalue weighted by molar-refractivity contribution is 0.0377. The molecule has 0 bridgehead atoms. The SMILES string of the molecule is CCCC(CC#N)OCc1ccc(OCCF)cc1. The van der Waals surface area contributed by atoms with Crippen LogP contribution >= 0.6 is 0 Å². The minimum absolute atomic E-state index is 0.00235. The molecule has 0 N–H and O–H groups in total. The zero-order valence-corrected chi connectivity index (χ0v) is 11.3. The Kier molecular flexibility index (Phi) is 7.60. The highest BCUT2D eigenvalue weighted by molar-refractivity contribution is 5.26. The first-order valence-corrected chi connectivity index (χ1v) is 6.56. The molecule has 1 unspecified atom stereocenters. The van der Waals surface area contributed by atoms with Gasteiger partial charge in [0.15, 0.2) is 0 Å². The Hall–Kier alpha value is -1.60. The summed E-state index contributed by atoms with van der Waals surface area (Å²) in [5, 5.41) is 8.70. The summed E-state index contributed by atoms with van der Waals surface area (Å²) in [5.74, 6) is 0.656. The van der Waals surface area contributed by atoms with Crippen LogP contribution in [0.2, 0.25) is 0 Å². The molecule has 0 heterocycles. The molecule has 1 atom stereocenters. The van der Waals surface area contributed by atoms with E-state index in [-0.39, 0.29) is 12.7 Å². The molecule has 4 heteroatoms. The molecule has 0 aliphatic carbocycles. The molecule has 1 aromatic carbocycles. The number of halogens is 1. The molecule has 0 spiro atoms. The Morgan fingerprint density at radius 3 is 2.63 bits per heavy atom. The van der Waals surface area contributed by atoms with E-state index in [4.69, 9.17) is 14.7 Å². The van der Waals surface area contributed by atoms with Crippen LogP contribution in [0.15, 0.2) is 24.3 Å². The molecule has 0 fully saturated rings. The normalized spacial score (nSPS) is 11.8. The van der Waals surface area contributed by atoms with Crippen LogP contribution in [0.1, 0.15) is 31.7 Å². The van der Waals surface area contributed by atoms with Crippen molar-refractivity contribution in [2.45, 2.75) is 38.9 Å². The summed E-state index contributed by atoms with van der Waals surface area (Å²) in [7, 11) is 0. The maximum atomic E-state index is 11.9. The zero-order chi connectivity index (χ0) is 13.9. The quantitative estimate of drug-likeness (QED) is 0.684. The van der Waals surface area contributed by atoms with E-state index in [1.165, 1.54) is 0 Å². The van der Waals surface area contributed by atoms with Crippen molar-refractivity contribution in [2.24, 2.45) is 0 Å². The average Bonchev–Trinajstić information content (AvgIpc) is 2.44. The molecule has 1 aromatic rings. The average molecular weight is 265 g/mol. The topological polar surface area (TPSA) is 42.2 Å².